The predicted octanol–water partition coefficient (Wildman–Crippen LogP) is 7.59. The summed E-state index contributed by atoms with van der Waals surface area (Å²) in [5.74, 6) is 1.10. The van der Waals surface area contributed by atoms with Crippen LogP contribution in [0.25, 0.3) is 0 Å². The van der Waals surface area contributed by atoms with E-state index in [1.54, 1.807) is 0 Å². The number of carbonyl (C=O) groups excluding carboxylic acids is 1. The molecule has 1 aliphatic carbocycles. The number of hydrogen-bond acceptors (Lipinski definition) is 6. The lowest BCUT2D eigenvalue weighted by Gasteiger charge is -2.31. The van der Waals surface area contributed by atoms with Crippen LogP contribution in [0, 0.1) is 23.2 Å². The summed E-state index contributed by atoms with van der Waals surface area (Å²) in [6, 6.07) is 0. The van der Waals surface area contributed by atoms with E-state index in [1.165, 1.54) is 6.42 Å². The fraction of sp³-hybridized carbons (Fsp3) is 0.818. The summed E-state index contributed by atoms with van der Waals surface area (Å²) >= 11 is 0. The van der Waals surface area contributed by atoms with E-state index in [4.69, 9.17) is 24.1 Å². The van der Waals surface area contributed by atoms with Crippen LogP contribution < -0.4 is 0 Å². The number of aliphatic carboxylic acids is 1. The number of rotatable bonds is 17. The van der Waals surface area contributed by atoms with Crippen LogP contribution in [0.4, 0.5) is 0 Å². The summed E-state index contributed by atoms with van der Waals surface area (Å²) in [5.41, 5.74) is 0.0399. The minimum absolute atomic E-state index is 0.0377. The molecule has 0 bridgehead atoms. The Morgan fingerprint density at radius 2 is 1.80 bits per heavy atom. The summed E-state index contributed by atoms with van der Waals surface area (Å²) in [5, 5.41) is 8.82. The Kier molecular flexibility index (Phi) is 14.2. The van der Waals surface area contributed by atoms with Gasteiger partial charge in [-0.25, -0.2) is 0 Å². The van der Waals surface area contributed by atoms with Crippen molar-refractivity contribution in [2.45, 2.75) is 130 Å². The molecule has 3 fully saturated rings. The number of carboxylic acid groups (broad SMARTS) is 1. The lowest BCUT2D eigenvalue weighted by Crippen LogP contribution is -2.26. The van der Waals surface area contributed by atoms with Gasteiger partial charge in [0.05, 0.1) is 19.0 Å². The lowest BCUT2D eigenvalue weighted by molar-refractivity contribution is -0.168. The third-order valence-corrected chi connectivity index (χ3v) is 8.46. The fourth-order valence-corrected chi connectivity index (χ4v) is 5.92. The lowest BCUT2D eigenvalue weighted by atomic mass is 9.80. The van der Waals surface area contributed by atoms with Crippen LogP contribution in [0.1, 0.15) is 117 Å². The molecule has 1 N–H and O–H groups in total. The van der Waals surface area contributed by atoms with Crippen molar-refractivity contribution in [2.75, 3.05) is 19.8 Å². The second kappa shape index (κ2) is 17.3. The molecule has 0 radical (unpaired) electrons. The molecule has 3 rings (SSSR count). The molecule has 0 amide bonds. The Labute approximate surface area is 242 Å². The number of carboxylic acids is 1. The van der Waals surface area contributed by atoms with Crippen LogP contribution in [-0.2, 0) is 28.5 Å². The van der Waals surface area contributed by atoms with Gasteiger partial charge in [0.1, 0.15) is 5.78 Å². The van der Waals surface area contributed by atoms with Crippen LogP contribution in [0.5, 0.6) is 0 Å². The highest BCUT2D eigenvalue weighted by Gasteiger charge is 2.34. The number of allylic oxidation sites excluding steroid dienone is 4. The van der Waals surface area contributed by atoms with Gasteiger partial charge >= 0.3 is 5.97 Å². The first-order valence-corrected chi connectivity index (χ1v) is 15.8. The Balaban J connectivity index is 1.57. The second-order valence-corrected chi connectivity index (χ2v) is 12.9. The highest BCUT2D eigenvalue weighted by molar-refractivity contribution is 5.83. The van der Waals surface area contributed by atoms with E-state index >= 15 is 0 Å². The normalized spacial score (nSPS) is 27.3. The van der Waals surface area contributed by atoms with Crippen LogP contribution >= 0.6 is 0 Å². The summed E-state index contributed by atoms with van der Waals surface area (Å²) < 4.78 is 24.2. The van der Waals surface area contributed by atoms with E-state index < -0.39 is 5.97 Å². The Hall–Kier alpha value is -1.70. The number of hydrogen-bond donors (Lipinski definition) is 1. The van der Waals surface area contributed by atoms with Crippen molar-refractivity contribution in [2.24, 2.45) is 23.2 Å². The van der Waals surface area contributed by atoms with E-state index in [-0.39, 0.29) is 36.3 Å². The molecule has 1 saturated carbocycles. The molecule has 7 nitrogen and oxygen atoms in total. The van der Waals surface area contributed by atoms with Crippen molar-refractivity contribution < 1.29 is 33.6 Å². The Bertz CT molecular complexity index is 821. The van der Waals surface area contributed by atoms with Gasteiger partial charge in [-0.2, -0.15) is 0 Å². The molecule has 0 aromatic rings. The van der Waals surface area contributed by atoms with Gasteiger partial charge in [0.2, 0.25) is 0 Å². The number of ketones is 1. The van der Waals surface area contributed by atoms with E-state index in [1.807, 2.05) is 6.08 Å². The highest BCUT2D eigenvalue weighted by atomic mass is 16.7. The average molecular weight is 563 g/mol. The molecule has 0 aromatic heterocycles. The topological polar surface area (TPSA) is 91.3 Å². The monoisotopic (exact) mass is 562 g/mol. The van der Waals surface area contributed by atoms with Crippen LogP contribution in [0.3, 0.4) is 0 Å². The first kappa shape index (κ1) is 32.8. The summed E-state index contributed by atoms with van der Waals surface area (Å²) in [4.78, 5) is 23.5. The molecule has 7 heteroatoms. The third-order valence-electron chi connectivity index (χ3n) is 8.46. The maximum absolute atomic E-state index is 12.8. The molecular formula is C33H54O7. The number of unbranched alkanes of at least 4 members (excludes halogenated alkanes) is 1. The SMILES string of the molecule is CC(CCC(C)(C)C/C(=C\[C@H]1CCC(=O)[C@H]1CC=CCCCC(=O)O)OC1CCCCO1)COC1CCCCO1. The smallest absolute Gasteiger partial charge is 0.303 e. The van der Waals surface area contributed by atoms with Crippen molar-refractivity contribution in [1.29, 1.82) is 0 Å². The van der Waals surface area contributed by atoms with Gasteiger partial charge < -0.3 is 24.1 Å². The van der Waals surface area contributed by atoms with Crippen molar-refractivity contribution in [3.63, 3.8) is 0 Å². The highest BCUT2D eigenvalue weighted by Crippen LogP contribution is 2.38. The molecule has 40 heavy (non-hydrogen) atoms. The van der Waals surface area contributed by atoms with Crippen molar-refractivity contribution in [3.8, 4) is 0 Å². The standard InChI is InChI=1S/C33H54O7/c1-25(24-39-31-14-8-10-20-37-31)18-19-33(2,3)23-27(40-32-15-9-11-21-38-32)22-26-16-17-29(34)28(26)12-6-4-5-7-13-30(35)36/h4,6,22,25-26,28,31-32H,5,7-21,23-24H2,1-3H3,(H,35,36)/b6-4?,27-22+/t25?,26-,28+,31?,32?/m1/s1. The number of Topliss-reactive ketones (excluding diaryl/α,β-unsaturated/α-hetero) is 1. The van der Waals surface area contributed by atoms with Crippen molar-refractivity contribution in [1.82, 2.24) is 0 Å². The van der Waals surface area contributed by atoms with Gasteiger partial charge in [0.15, 0.2) is 12.6 Å². The van der Waals surface area contributed by atoms with Gasteiger partial charge in [-0.1, -0.05) is 32.9 Å². The molecule has 2 heterocycles. The van der Waals surface area contributed by atoms with Gasteiger partial charge in [-0.15, -0.1) is 0 Å². The Morgan fingerprint density at radius 3 is 2.48 bits per heavy atom. The Morgan fingerprint density at radius 1 is 1.07 bits per heavy atom. The largest absolute Gasteiger partial charge is 0.481 e. The van der Waals surface area contributed by atoms with Crippen LogP contribution in [-0.4, -0.2) is 49.3 Å². The van der Waals surface area contributed by atoms with E-state index in [0.29, 0.717) is 31.0 Å². The molecule has 2 saturated heterocycles. The molecule has 228 valence electrons. The van der Waals surface area contributed by atoms with Crippen molar-refractivity contribution in [3.05, 3.63) is 24.0 Å². The molecule has 2 aliphatic heterocycles. The summed E-state index contributed by atoms with van der Waals surface area (Å²) in [7, 11) is 0. The summed E-state index contributed by atoms with van der Waals surface area (Å²) in [6.07, 6.45) is 19.1. The zero-order chi connectivity index (χ0) is 28.8. The minimum atomic E-state index is -0.765. The quantitative estimate of drug-likeness (QED) is 0.111. The molecule has 0 aromatic carbocycles. The zero-order valence-electron chi connectivity index (χ0n) is 25.2. The molecule has 5 atom stereocenters. The average Bonchev–Trinajstić information content (AvgIpc) is 3.27. The zero-order valence-corrected chi connectivity index (χ0v) is 25.2. The van der Waals surface area contributed by atoms with Gasteiger partial charge in [0.25, 0.3) is 0 Å². The van der Waals surface area contributed by atoms with Gasteiger partial charge in [-0.3, -0.25) is 9.59 Å². The van der Waals surface area contributed by atoms with Gasteiger partial charge in [-0.05, 0) is 94.0 Å². The fourth-order valence-electron chi connectivity index (χ4n) is 5.92. The molecule has 3 unspecified atom stereocenters. The minimum Gasteiger partial charge on any atom is -0.481 e. The maximum atomic E-state index is 12.8. The molecule has 3 aliphatic rings. The third kappa shape index (κ3) is 12.4. The van der Waals surface area contributed by atoms with Crippen molar-refractivity contribution >= 4 is 11.8 Å². The number of ether oxygens (including phenoxy) is 4. The predicted molar refractivity (Wildman–Crippen MR) is 156 cm³/mol. The maximum Gasteiger partial charge on any atom is 0.303 e. The molecule has 0 spiro atoms. The first-order valence-electron chi connectivity index (χ1n) is 15.8. The van der Waals surface area contributed by atoms with Crippen LogP contribution in [0.2, 0.25) is 0 Å². The van der Waals surface area contributed by atoms with E-state index in [9.17, 15) is 9.59 Å². The number of carbonyl (C=O) groups is 2. The van der Waals surface area contributed by atoms with Crippen LogP contribution in [0.15, 0.2) is 24.0 Å². The molecular weight excluding hydrogens is 508 g/mol. The first-order chi connectivity index (χ1) is 19.2. The van der Waals surface area contributed by atoms with E-state index in [2.05, 4.69) is 32.9 Å². The summed E-state index contributed by atoms with van der Waals surface area (Å²) in [6.45, 7) is 9.14. The van der Waals surface area contributed by atoms with E-state index in [0.717, 1.165) is 89.8 Å². The second-order valence-electron chi connectivity index (χ2n) is 12.9. The van der Waals surface area contributed by atoms with Gasteiger partial charge in [0, 0.05) is 38.2 Å².